The highest BCUT2D eigenvalue weighted by Crippen LogP contribution is 2.13. The Kier molecular flexibility index (Phi) is 2.67. The second kappa shape index (κ2) is 4.33. The standard InChI is InChI=1S/C12H11NO/c1-2-7-12(13-8-4-1)11-6-3-5-9-14-10-11/h1-10,13H. The maximum Gasteiger partial charge on any atom is 0.0994 e. The highest BCUT2D eigenvalue weighted by atomic mass is 16.5. The van der Waals surface area contributed by atoms with Crippen molar-refractivity contribution in [2.24, 2.45) is 0 Å². The van der Waals surface area contributed by atoms with Crippen LogP contribution in [0, 0.1) is 0 Å². The van der Waals surface area contributed by atoms with Gasteiger partial charge in [-0.3, -0.25) is 0 Å². The van der Waals surface area contributed by atoms with Crippen LogP contribution in [-0.2, 0) is 4.74 Å². The molecule has 0 saturated carbocycles. The van der Waals surface area contributed by atoms with Crippen molar-refractivity contribution in [2.75, 3.05) is 0 Å². The number of hydrogen-bond donors (Lipinski definition) is 1. The Morgan fingerprint density at radius 3 is 3.00 bits per heavy atom. The Labute approximate surface area is 83.3 Å². The summed E-state index contributed by atoms with van der Waals surface area (Å²) in [5.74, 6) is 0. The van der Waals surface area contributed by atoms with Crippen LogP contribution < -0.4 is 5.32 Å². The first-order valence-electron chi connectivity index (χ1n) is 4.46. The Balaban J connectivity index is 2.22. The average Bonchev–Trinajstić information content (AvgIpc) is 2.62. The van der Waals surface area contributed by atoms with E-state index in [9.17, 15) is 0 Å². The number of rotatable bonds is 1. The maximum absolute atomic E-state index is 5.17. The molecule has 0 aromatic heterocycles. The minimum atomic E-state index is 1.02. The fourth-order valence-corrected chi connectivity index (χ4v) is 1.19. The molecule has 0 radical (unpaired) electrons. The molecule has 14 heavy (non-hydrogen) atoms. The predicted octanol–water partition coefficient (Wildman–Crippen LogP) is 2.53. The van der Waals surface area contributed by atoms with Crippen molar-refractivity contribution in [3.05, 3.63) is 72.5 Å². The minimum Gasteiger partial charge on any atom is -0.472 e. The van der Waals surface area contributed by atoms with Gasteiger partial charge in [0.15, 0.2) is 0 Å². The second-order valence-corrected chi connectivity index (χ2v) is 2.87. The molecule has 1 N–H and O–H groups in total. The summed E-state index contributed by atoms with van der Waals surface area (Å²) in [5, 5.41) is 3.17. The van der Waals surface area contributed by atoms with E-state index in [1.165, 1.54) is 0 Å². The molecule has 70 valence electrons. The van der Waals surface area contributed by atoms with Gasteiger partial charge >= 0.3 is 0 Å². The van der Waals surface area contributed by atoms with Crippen LogP contribution in [-0.4, -0.2) is 0 Å². The number of nitrogens with one attached hydrogen (secondary N) is 1. The molecule has 0 spiro atoms. The SMILES string of the molecule is C1=CC=C(C2=COC=CC=C2)NC=C1. The normalized spacial score (nSPS) is 18.9. The molecule has 2 heterocycles. The van der Waals surface area contributed by atoms with Crippen LogP contribution in [0.3, 0.4) is 0 Å². The van der Waals surface area contributed by atoms with Gasteiger partial charge in [-0.25, -0.2) is 0 Å². The third-order valence-corrected chi connectivity index (χ3v) is 1.87. The van der Waals surface area contributed by atoms with Gasteiger partial charge in [0.25, 0.3) is 0 Å². The predicted molar refractivity (Wildman–Crippen MR) is 56.9 cm³/mol. The summed E-state index contributed by atoms with van der Waals surface area (Å²) in [5.41, 5.74) is 2.04. The monoisotopic (exact) mass is 185 g/mol. The first kappa shape index (κ1) is 8.63. The molecule has 2 heteroatoms. The Hall–Kier alpha value is -1.96. The third-order valence-electron chi connectivity index (χ3n) is 1.87. The van der Waals surface area contributed by atoms with E-state index in [2.05, 4.69) is 5.32 Å². The van der Waals surface area contributed by atoms with Gasteiger partial charge in [-0.1, -0.05) is 18.2 Å². The highest BCUT2D eigenvalue weighted by molar-refractivity contribution is 5.43. The summed E-state index contributed by atoms with van der Waals surface area (Å²) in [7, 11) is 0. The molecule has 0 saturated heterocycles. The van der Waals surface area contributed by atoms with Crippen LogP contribution in [0.15, 0.2) is 72.5 Å². The molecule has 0 bridgehead atoms. The van der Waals surface area contributed by atoms with E-state index < -0.39 is 0 Å². The minimum absolute atomic E-state index is 1.02. The third kappa shape index (κ3) is 2.04. The van der Waals surface area contributed by atoms with Gasteiger partial charge in [0.2, 0.25) is 0 Å². The van der Waals surface area contributed by atoms with Gasteiger partial charge in [0.1, 0.15) is 0 Å². The number of hydrogen-bond acceptors (Lipinski definition) is 2. The molecular formula is C12H11NO. The molecule has 0 aromatic rings. The van der Waals surface area contributed by atoms with Crippen molar-refractivity contribution in [3.63, 3.8) is 0 Å². The van der Waals surface area contributed by atoms with Crippen LogP contribution in [0.1, 0.15) is 0 Å². The fourth-order valence-electron chi connectivity index (χ4n) is 1.19. The van der Waals surface area contributed by atoms with Gasteiger partial charge in [-0.15, -0.1) is 0 Å². The second-order valence-electron chi connectivity index (χ2n) is 2.87. The zero-order chi connectivity index (χ0) is 9.64. The van der Waals surface area contributed by atoms with Crippen LogP contribution in [0.2, 0.25) is 0 Å². The first-order valence-corrected chi connectivity index (χ1v) is 4.46. The molecule has 0 unspecified atom stereocenters. The van der Waals surface area contributed by atoms with Crippen molar-refractivity contribution in [1.29, 1.82) is 0 Å². The molecule has 0 aromatic carbocycles. The molecule has 0 aliphatic carbocycles. The van der Waals surface area contributed by atoms with E-state index >= 15 is 0 Å². The Morgan fingerprint density at radius 1 is 1.00 bits per heavy atom. The Bertz CT molecular complexity index is 381. The molecular weight excluding hydrogens is 174 g/mol. The van der Waals surface area contributed by atoms with Crippen molar-refractivity contribution < 1.29 is 4.74 Å². The van der Waals surface area contributed by atoms with Crippen molar-refractivity contribution >= 4 is 0 Å². The lowest BCUT2D eigenvalue weighted by molar-refractivity contribution is 0.401. The van der Waals surface area contributed by atoms with E-state index in [-0.39, 0.29) is 0 Å². The fraction of sp³-hybridized carbons (Fsp3) is 0. The summed E-state index contributed by atoms with van der Waals surface area (Å²) in [6.45, 7) is 0. The summed E-state index contributed by atoms with van der Waals surface area (Å²) < 4.78 is 5.17. The van der Waals surface area contributed by atoms with Crippen LogP contribution in [0.25, 0.3) is 0 Å². The summed E-state index contributed by atoms with van der Waals surface area (Å²) in [4.78, 5) is 0. The Morgan fingerprint density at radius 2 is 2.00 bits per heavy atom. The van der Waals surface area contributed by atoms with Crippen LogP contribution >= 0.6 is 0 Å². The van der Waals surface area contributed by atoms with E-state index in [0.717, 1.165) is 11.3 Å². The molecule has 0 fully saturated rings. The van der Waals surface area contributed by atoms with E-state index in [0.29, 0.717) is 0 Å². The largest absolute Gasteiger partial charge is 0.472 e. The lowest BCUT2D eigenvalue weighted by Gasteiger charge is -2.05. The van der Waals surface area contributed by atoms with Gasteiger partial charge < -0.3 is 10.1 Å². The molecule has 2 nitrogen and oxygen atoms in total. The molecule has 2 rings (SSSR count). The number of allylic oxidation sites excluding steroid dienone is 7. The van der Waals surface area contributed by atoms with E-state index in [1.54, 1.807) is 12.5 Å². The lowest BCUT2D eigenvalue weighted by Crippen LogP contribution is -2.05. The van der Waals surface area contributed by atoms with Gasteiger partial charge in [0.05, 0.1) is 12.5 Å². The van der Waals surface area contributed by atoms with Gasteiger partial charge in [-0.2, -0.15) is 0 Å². The zero-order valence-corrected chi connectivity index (χ0v) is 7.68. The van der Waals surface area contributed by atoms with Gasteiger partial charge in [0, 0.05) is 17.5 Å². The zero-order valence-electron chi connectivity index (χ0n) is 7.68. The quantitative estimate of drug-likeness (QED) is 0.677. The van der Waals surface area contributed by atoms with Gasteiger partial charge in [-0.05, 0) is 24.3 Å². The molecule has 0 amide bonds. The number of ether oxygens (including phenoxy) is 1. The van der Waals surface area contributed by atoms with E-state index in [4.69, 9.17) is 4.74 Å². The van der Waals surface area contributed by atoms with E-state index in [1.807, 2.05) is 48.7 Å². The summed E-state index contributed by atoms with van der Waals surface area (Å²) >= 11 is 0. The van der Waals surface area contributed by atoms with Crippen molar-refractivity contribution in [3.8, 4) is 0 Å². The molecule has 0 atom stereocenters. The first-order chi connectivity index (χ1) is 6.97. The average molecular weight is 185 g/mol. The molecule has 2 aliphatic heterocycles. The van der Waals surface area contributed by atoms with Crippen LogP contribution in [0.5, 0.6) is 0 Å². The molecule has 2 aliphatic rings. The summed E-state index contributed by atoms with van der Waals surface area (Å²) in [6.07, 6.45) is 19.0. The van der Waals surface area contributed by atoms with Crippen LogP contribution in [0.4, 0.5) is 0 Å². The highest BCUT2D eigenvalue weighted by Gasteiger charge is 2.01. The summed E-state index contributed by atoms with van der Waals surface area (Å²) in [6, 6.07) is 0. The smallest absolute Gasteiger partial charge is 0.0994 e. The van der Waals surface area contributed by atoms with Crippen molar-refractivity contribution in [2.45, 2.75) is 0 Å². The maximum atomic E-state index is 5.17. The van der Waals surface area contributed by atoms with Crippen molar-refractivity contribution in [1.82, 2.24) is 5.32 Å². The lowest BCUT2D eigenvalue weighted by atomic mass is 10.2. The topological polar surface area (TPSA) is 21.3 Å².